The lowest BCUT2D eigenvalue weighted by Gasteiger charge is -2.07. The third-order valence-electron chi connectivity index (χ3n) is 2.06. The maximum absolute atomic E-state index is 11.0. The van der Waals surface area contributed by atoms with Crippen LogP contribution in [0, 0.1) is 6.92 Å². The molecule has 0 aliphatic rings. The van der Waals surface area contributed by atoms with Crippen molar-refractivity contribution in [1.82, 2.24) is 5.32 Å². The average Bonchev–Trinajstić information content (AvgIpc) is 2.16. The number of nitrogen functional groups attached to an aromatic ring is 1. The standard InChI is InChI=1S/C11H17N3O/c1-8-5-9(12)7-10(6-8)14-4-3-11(15)13-2/h5-7,14H,3-4,12H2,1-2H3,(H,13,15). The Kier molecular flexibility index (Phi) is 3.97. The molecule has 0 unspecified atom stereocenters. The van der Waals surface area contributed by atoms with E-state index in [1.54, 1.807) is 7.05 Å². The van der Waals surface area contributed by atoms with Crippen LogP contribution in [0.1, 0.15) is 12.0 Å². The van der Waals surface area contributed by atoms with Gasteiger partial charge in [0.15, 0.2) is 0 Å². The van der Waals surface area contributed by atoms with E-state index in [9.17, 15) is 4.79 Å². The van der Waals surface area contributed by atoms with E-state index in [4.69, 9.17) is 5.73 Å². The summed E-state index contributed by atoms with van der Waals surface area (Å²) in [6.07, 6.45) is 0.463. The van der Waals surface area contributed by atoms with Crippen LogP contribution in [-0.4, -0.2) is 19.5 Å². The van der Waals surface area contributed by atoms with Gasteiger partial charge in [-0.25, -0.2) is 0 Å². The molecule has 4 N–H and O–H groups in total. The van der Waals surface area contributed by atoms with Gasteiger partial charge in [-0.1, -0.05) is 0 Å². The van der Waals surface area contributed by atoms with Crippen LogP contribution >= 0.6 is 0 Å². The molecule has 0 fully saturated rings. The molecule has 0 radical (unpaired) electrons. The average molecular weight is 207 g/mol. The van der Waals surface area contributed by atoms with Crippen molar-refractivity contribution in [2.75, 3.05) is 24.6 Å². The predicted octanol–water partition coefficient (Wildman–Crippen LogP) is 1.13. The van der Waals surface area contributed by atoms with E-state index in [2.05, 4.69) is 10.6 Å². The van der Waals surface area contributed by atoms with E-state index in [1.807, 2.05) is 25.1 Å². The van der Waals surface area contributed by atoms with Crippen LogP contribution in [-0.2, 0) is 4.79 Å². The number of benzene rings is 1. The second-order valence-electron chi connectivity index (χ2n) is 3.48. The second kappa shape index (κ2) is 5.24. The largest absolute Gasteiger partial charge is 0.399 e. The Morgan fingerprint density at radius 3 is 2.73 bits per heavy atom. The van der Waals surface area contributed by atoms with Crippen LogP contribution in [0.3, 0.4) is 0 Å². The fraction of sp³-hybridized carbons (Fsp3) is 0.364. The molecular weight excluding hydrogens is 190 g/mol. The van der Waals surface area contributed by atoms with Gasteiger partial charge in [0.2, 0.25) is 5.91 Å². The quantitative estimate of drug-likeness (QED) is 0.648. The third kappa shape index (κ3) is 3.89. The summed E-state index contributed by atoms with van der Waals surface area (Å²) < 4.78 is 0. The van der Waals surface area contributed by atoms with E-state index in [-0.39, 0.29) is 5.91 Å². The highest BCUT2D eigenvalue weighted by Crippen LogP contribution is 2.15. The molecule has 4 nitrogen and oxygen atoms in total. The van der Waals surface area contributed by atoms with Crippen LogP contribution in [0.25, 0.3) is 0 Å². The molecule has 0 heterocycles. The number of anilines is 2. The minimum absolute atomic E-state index is 0.0307. The second-order valence-corrected chi connectivity index (χ2v) is 3.48. The number of hydrogen-bond donors (Lipinski definition) is 3. The summed E-state index contributed by atoms with van der Waals surface area (Å²) in [6, 6.07) is 5.76. The highest BCUT2D eigenvalue weighted by atomic mass is 16.1. The van der Waals surface area contributed by atoms with Gasteiger partial charge in [-0.3, -0.25) is 4.79 Å². The smallest absolute Gasteiger partial charge is 0.221 e. The molecule has 0 spiro atoms. The summed E-state index contributed by atoms with van der Waals surface area (Å²) >= 11 is 0. The van der Waals surface area contributed by atoms with Crippen LogP contribution < -0.4 is 16.4 Å². The SMILES string of the molecule is CNC(=O)CCNc1cc(C)cc(N)c1. The van der Waals surface area contributed by atoms with Crippen molar-refractivity contribution in [3.8, 4) is 0 Å². The summed E-state index contributed by atoms with van der Waals surface area (Å²) in [5, 5.41) is 5.72. The van der Waals surface area contributed by atoms with Crippen molar-refractivity contribution >= 4 is 17.3 Å². The molecule has 0 saturated heterocycles. The first-order chi connectivity index (χ1) is 7.11. The van der Waals surface area contributed by atoms with Gasteiger partial charge < -0.3 is 16.4 Å². The van der Waals surface area contributed by atoms with E-state index >= 15 is 0 Å². The van der Waals surface area contributed by atoms with Crippen LogP contribution in [0.5, 0.6) is 0 Å². The molecule has 1 aromatic rings. The molecule has 0 bridgehead atoms. The van der Waals surface area contributed by atoms with Gasteiger partial charge in [0, 0.05) is 31.4 Å². The van der Waals surface area contributed by atoms with Crippen LogP contribution in [0.4, 0.5) is 11.4 Å². The fourth-order valence-electron chi connectivity index (χ4n) is 1.36. The molecule has 0 aliphatic heterocycles. The number of aryl methyl sites for hydroxylation is 1. The first-order valence-electron chi connectivity index (χ1n) is 4.93. The van der Waals surface area contributed by atoms with Gasteiger partial charge in [0.1, 0.15) is 0 Å². The molecule has 0 aliphatic carbocycles. The molecule has 1 aromatic carbocycles. The van der Waals surface area contributed by atoms with Crippen LogP contribution in [0.15, 0.2) is 18.2 Å². The molecule has 1 amide bonds. The zero-order chi connectivity index (χ0) is 11.3. The van der Waals surface area contributed by atoms with Crippen molar-refractivity contribution in [1.29, 1.82) is 0 Å². The summed E-state index contributed by atoms with van der Waals surface area (Å²) in [7, 11) is 1.63. The Balaban J connectivity index is 2.47. The Morgan fingerprint density at radius 2 is 2.13 bits per heavy atom. The molecule has 15 heavy (non-hydrogen) atoms. The Hall–Kier alpha value is -1.71. The summed E-state index contributed by atoms with van der Waals surface area (Å²) in [6.45, 7) is 2.60. The third-order valence-corrected chi connectivity index (χ3v) is 2.06. The van der Waals surface area contributed by atoms with Crippen LogP contribution in [0.2, 0.25) is 0 Å². The first kappa shape index (κ1) is 11.4. The van der Waals surface area contributed by atoms with E-state index in [1.165, 1.54) is 0 Å². The minimum Gasteiger partial charge on any atom is -0.399 e. The van der Waals surface area contributed by atoms with Crippen molar-refractivity contribution in [2.45, 2.75) is 13.3 Å². The molecule has 82 valence electrons. The first-order valence-corrected chi connectivity index (χ1v) is 4.93. The normalized spacial score (nSPS) is 9.73. The minimum atomic E-state index is 0.0307. The molecule has 4 heteroatoms. The number of rotatable bonds is 4. The lowest BCUT2D eigenvalue weighted by atomic mass is 10.2. The summed E-state index contributed by atoms with van der Waals surface area (Å²) in [4.78, 5) is 11.0. The van der Waals surface area contributed by atoms with Gasteiger partial charge in [-0.2, -0.15) is 0 Å². The Morgan fingerprint density at radius 1 is 1.40 bits per heavy atom. The number of hydrogen-bond acceptors (Lipinski definition) is 3. The maximum atomic E-state index is 11.0. The Bertz CT molecular complexity index is 329. The van der Waals surface area contributed by atoms with E-state index in [0.29, 0.717) is 13.0 Å². The maximum Gasteiger partial charge on any atom is 0.221 e. The zero-order valence-corrected chi connectivity index (χ0v) is 9.13. The van der Waals surface area contributed by atoms with E-state index in [0.717, 1.165) is 16.9 Å². The Labute approximate surface area is 89.9 Å². The lowest BCUT2D eigenvalue weighted by Crippen LogP contribution is -2.20. The monoisotopic (exact) mass is 207 g/mol. The molecule has 0 aromatic heterocycles. The molecule has 0 saturated carbocycles. The topological polar surface area (TPSA) is 67.2 Å². The van der Waals surface area contributed by atoms with Gasteiger partial charge in [0.05, 0.1) is 0 Å². The van der Waals surface area contributed by atoms with Gasteiger partial charge in [0.25, 0.3) is 0 Å². The van der Waals surface area contributed by atoms with Crippen molar-refractivity contribution in [3.63, 3.8) is 0 Å². The van der Waals surface area contributed by atoms with Gasteiger partial charge in [-0.05, 0) is 30.7 Å². The molecule has 0 atom stereocenters. The lowest BCUT2D eigenvalue weighted by molar-refractivity contribution is -0.120. The number of nitrogens with one attached hydrogen (secondary N) is 2. The summed E-state index contributed by atoms with van der Waals surface area (Å²) in [5.41, 5.74) is 8.50. The highest BCUT2D eigenvalue weighted by Gasteiger charge is 1.98. The summed E-state index contributed by atoms with van der Waals surface area (Å²) in [5.74, 6) is 0.0307. The highest BCUT2D eigenvalue weighted by molar-refractivity contribution is 5.76. The van der Waals surface area contributed by atoms with E-state index < -0.39 is 0 Å². The predicted molar refractivity (Wildman–Crippen MR) is 62.8 cm³/mol. The van der Waals surface area contributed by atoms with Crippen molar-refractivity contribution in [2.24, 2.45) is 0 Å². The van der Waals surface area contributed by atoms with Crippen molar-refractivity contribution < 1.29 is 4.79 Å². The fourth-order valence-corrected chi connectivity index (χ4v) is 1.36. The number of nitrogens with two attached hydrogens (primary N) is 1. The molecule has 1 rings (SSSR count). The number of carbonyl (C=O) groups is 1. The zero-order valence-electron chi connectivity index (χ0n) is 9.13. The number of carbonyl (C=O) groups excluding carboxylic acids is 1. The van der Waals surface area contributed by atoms with Gasteiger partial charge in [-0.15, -0.1) is 0 Å². The van der Waals surface area contributed by atoms with Crippen molar-refractivity contribution in [3.05, 3.63) is 23.8 Å². The molecular formula is C11H17N3O. The number of amides is 1. The van der Waals surface area contributed by atoms with Gasteiger partial charge >= 0.3 is 0 Å².